The third kappa shape index (κ3) is 3.01. The van der Waals surface area contributed by atoms with Crippen molar-refractivity contribution in [2.75, 3.05) is 13.1 Å². The van der Waals surface area contributed by atoms with E-state index in [1.807, 2.05) is 51.1 Å². The van der Waals surface area contributed by atoms with Crippen LogP contribution in [0.4, 0.5) is 0 Å². The smallest absolute Gasteiger partial charge is 0.276 e. The zero-order valence-corrected chi connectivity index (χ0v) is 13.1. The summed E-state index contributed by atoms with van der Waals surface area (Å²) in [5, 5.41) is 8.07. The normalized spacial score (nSPS) is 20.9. The van der Waals surface area contributed by atoms with E-state index in [0.29, 0.717) is 18.8 Å². The van der Waals surface area contributed by atoms with Crippen molar-refractivity contribution < 1.29 is 9.53 Å². The number of rotatable bonds is 2. The second kappa shape index (κ2) is 5.53. The van der Waals surface area contributed by atoms with Crippen molar-refractivity contribution in [3.8, 4) is 5.69 Å². The van der Waals surface area contributed by atoms with Crippen molar-refractivity contribution >= 4 is 5.91 Å². The van der Waals surface area contributed by atoms with Crippen LogP contribution >= 0.6 is 0 Å². The number of nitrogens with zero attached hydrogens (tertiary/aromatic N) is 4. The van der Waals surface area contributed by atoms with Gasteiger partial charge in [0.1, 0.15) is 0 Å². The van der Waals surface area contributed by atoms with Crippen molar-refractivity contribution in [3.05, 3.63) is 42.2 Å². The summed E-state index contributed by atoms with van der Waals surface area (Å²) in [6.45, 7) is 7.07. The first kappa shape index (κ1) is 14.7. The molecule has 1 aromatic carbocycles. The quantitative estimate of drug-likeness (QED) is 0.850. The molecule has 116 valence electrons. The van der Waals surface area contributed by atoms with E-state index in [9.17, 15) is 4.79 Å². The van der Waals surface area contributed by atoms with Gasteiger partial charge in [0.05, 0.1) is 23.6 Å². The van der Waals surface area contributed by atoms with Crippen LogP contribution in [0, 0.1) is 0 Å². The van der Waals surface area contributed by atoms with Crippen molar-refractivity contribution in [3.63, 3.8) is 0 Å². The molecule has 1 aliphatic heterocycles. The summed E-state index contributed by atoms with van der Waals surface area (Å²) >= 11 is 0. The van der Waals surface area contributed by atoms with Gasteiger partial charge >= 0.3 is 0 Å². The van der Waals surface area contributed by atoms with Crippen LogP contribution in [0.15, 0.2) is 36.5 Å². The van der Waals surface area contributed by atoms with Gasteiger partial charge in [0.2, 0.25) is 0 Å². The predicted molar refractivity (Wildman–Crippen MR) is 81.9 cm³/mol. The van der Waals surface area contributed by atoms with Crippen LogP contribution in [-0.4, -0.2) is 50.6 Å². The van der Waals surface area contributed by atoms with Gasteiger partial charge in [0.15, 0.2) is 5.69 Å². The number of hydrogen-bond acceptors (Lipinski definition) is 4. The second-order valence-electron chi connectivity index (χ2n) is 6.26. The average Bonchev–Trinajstić information content (AvgIpc) is 2.95. The Morgan fingerprint density at radius 1 is 1.32 bits per heavy atom. The first-order valence-corrected chi connectivity index (χ1v) is 7.39. The molecule has 0 saturated carbocycles. The second-order valence-corrected chi connectivity index (χ2v) is 6.26. The number of amides is 1. The van der Waals surface area contributed by atoms with Crippen molar-refractivity contribution in [2.24, 2.45) is 0 Å². The predicted octanol–water partition coefficient (Wildman–Crippen LogP) is 1.91. The van der Waals surface area contributed by atoms with Crippen LogP contribution in [0.3, 0.4) is 0 Å². The molecule has 1 unspecified atom stereocenters. The molecule has 0 bridgehead atoms. The van der Waals surface area contributed by atoms with Crippen LogP contribution in [0.1, 0.15) is 31.3 Å². The Balaban J connectivity index is 1.80. The lowest BCUT2D eigenvalue weighted by molar-refractivity contribution is -0.118. The molecular weight excluding hydrogens is 280 g/mol. The third-order valence-corrected chi connectivity index (χ3v) is 3.59. The summed E-state index contributed by atoms with van der Waals surface area (Å²) in [6.07, 6.45) is 1.68. The molecule has 1 aromatic heterocycles. The van der Waals surface area contributed by atoms with Gasteiger partial charge in [-0.15, -0.1) is 5.10 Å². The zero-order valence-electron chi connectivity index (χ0n) is 13.1. The molecule has 2 aromatic rings. The minimum absolute atomic E-state index is 0.0110. The highest BCUT2D eigenvalue weighted by molar-refractivity contribution is 5.92. The monoisotopic (exact) mass is 300 g/mol. The summed E-state index contributed by atoms with van der Waals surface area (Å²) in [7, 11) is 0. The van der Waals surface area contributed by atoms with Crippen LogP contribution in [0.5, 0.6) is 0 Å². The van der Waals surface area contributed by atoms with Crippen LogP contribution < -0.4 is 0 Å². The Hall–Kier alpha value is -2.21. The standard InChI is InChI=1S/C16H20N4O2/c1-12-9-19(11-16(2,3)22-12)15(21)14-10-20(18-17-14)13-7-5-4-6-8-13/h4-8,10,12H,9,11H2,1-3H3. The molecule has 22 heavy (non-hydrogen) atoms. The van der Waals surface area contributed by atoms with Crippen molar-refractivity contribution in [1.82, 2.24) is 19.9 Å². The maximum Gasteiger partial charge on any atom is 0.276 e. The lowest BCUT2D eigenvalue weighted by Gasteiger charge is -2.41. The lowest BCUT2D eigenvalue weighted by Crippen LogP contribution is -2.53. The number of hydrogen-bond donors (Lipinski definition) is 0. The summed E-state index contributed by atoms with van der Waals surface area (Å²) in [6, 6.07) is 9.62. The highest BCUT2D eigenvalue weighted by Gasteiger charge is 2.34. The van der Waals surface area contributed by atoms with Gasteiger partial charge < -0.3 is 9.64 Å². The largest absolute Gasteiger partial charge is 0.369 e. The van der Waals surface area contributed by atoms with Crippen molar-refractivity contribution in [1.29, 1.82) is 0 Å². The van der Waals surface area contributed by atoms with Crippen LogP contribution in [-0.2, 0) is 4.74 Å². The fourth-order valence-corrected chi connectivity index (χ4v) is 2.84. The van der Waals surface area contributed by atoms with E-state index in [-0.39, 0.29) is 17.6 Å². The molecule has 0 spiro atoms. The SMILES string of the molecule is CC1CN(C(=O)c2cn(-c3ccccc3)nn2)CC(C)(C)O1. The first-order chi connectivity index (χ1) is 10.4. The fraction of sp³-hybridized carbons (Fsp3) is 0.438. The topological polar surface area (TPSA) is 60.2 Å². The van der Waals surface area contributed by atoms with E-state index < -0.39 is 0 Å². The number of benzene rings is 1. The van der Waals surface area contributed by atoms with E-state index in [4.69, 9.17) is 4.74 Å². The lowest BCUT2D eigenvalue weighted by atomic mass is 10.1. The summed E-state index contributed by atoms with van der Waals surface area (Å²) in [5.41, 5.74) is 0.890. The van der Waals surface area contributed by atoms with Gasteiger partial charge in [-0.1, -0.05) is 23.4 Å². The third-order valence-electron chi connectivity index (χ3n) is 3.59. The van der Waals surface area contributed by atoms with Crippen molar-refractivity contribution in [2.45, 2.75) is 32.5 Å². The summed E-state index contributed by atoms with van der Waals surface area (Å²) in [4.78, 5) is 14.4. The molecule has 0 radical (unpaired) electrons. The van der Waals surface area contributed by atoms with Gasteiger partial charge in [-0.05, 0) is 32.9 Å². The molecule has 3 rings (SSSR count). The maximum atomic E-state index is 12.6. The molecule has 1 fully saturated rings. The summed E-state index contributed by atoms with van der Waals surface area (Å²) in [5.74, 6) is -0.106. The minimum Gasteiger partial charge on any atom is -0.369 e. The average molecular weight is 300 g/mol. The molecular formula is C16H20N4O2. The number of para-hydroxylation sites is 1. The Morgan fingerprint density at radius 3 is 2.73 bits per heavy atom. The Morgan fingerprint density at radius 2 is 2.05 bits per heavy atom. The van der Waals surface area contributed by atoms with Gasteiger partial charge in [0, 0.05) is 13.1 Å². The number of ether oxygens (including phenoxy) is 1. The number of carbonyl (C=O) groups is 1. The minimum atomic E-state index is -0.344. The molecule has 2 heterocycles. The van der Waals surface area contributed by atoms with E-state index in [1.165, 1.54) is 0 Å². The Bertz CT molecular complexity index is 666. The molecule has 0 N–H and O–H groups in total. The Labute approximate surface area is 129 Å². The number of aromatic nitrogens is 3. The van der Waals surface area contributed by atoms with Gasteiger partial charge in [-0.25, -0.2) is 4.68 Å². The summed E-state index contributed by atoms with van der Waals surface area (Å²) < 4.78 is 7.44. The number of carbonyl (C=O) groups excluding carboxylic acids is 1. The van der Waals surface area contributed by atoms with E-state index in [1.54, 1.807) is 15.8 Å². The molecule has 0 aliphatic carbocycles. The van der Waals surface area contributed by atoms with Gasteiger partial charge in [-0.2, -0.15) is 0 Å². The highest BCUT2D eigenvalue weighted by atomic mass is 16.5. The Kier molecular flexibility index (Phi) is 3.70. The maximum absolute atomic E-state index is 12.6. The molecule has 1 saturated heterocycles. The van der Waals surface area contributed by atoms with E-state index >= 15 is 0 Å². The molecule has 1 atom stereocenters. The fourth-order valence-electron chi connectivity index (χ4n) is 2.84. The van der Waals surface area contributed by atoms with E-state index in [2.05, 4.69) is 10.3 Å². The molecule has 6 nitrogen and oxygen atoms in total. The van der Waals surface area contributed by atoms with Gasteiger partial charge in [0.25, 0.3) is 5.91 Å². The van der Waals surface area contributed by atoms with Crippen LogP contribution in [0.2, 0.25) is 0 Å². The zero-order chi connectivity index (χ0) is 15.7. The number of morpholine rings is 1. The molecule has 1 aliphatic rings. The molecule has 6 heteroatoms. The molecule has 1 amide bonds. The first-order valence-electron chi connectivity index (χ1n) is 7.39. The van der Waals surface area contributed by atoms with Crippen LogP contribution in [0.25, 0.3) is 5.69 Å². The highest BCUT2D eigenvalue weighted by Crippen LogP contribution is 2.22. The van der Waals surface area contributed by atoms with Gasteiger partial charge in [-0.3, -0.25) is 4.79 Å². The van der Waals surface area contributed by atoms with E-state index in [0.717, 1.165) is 5.69 Å².